The van der Waals surface area contributed by atoms with Crippen LogP contribution in [-0.4, -0.2) is 5.11 Å². The first-order valence-electron chi connectivity index (χ1n) is 9.68. The van der Waals surface area contributed by atoms with Crippen LogP contribution < -0.4 is 0 Å². The SMILES string of the molecule is CCC1=C(CC)C2(C=CC(C(O)c3cccs3)C=C2)C(CC)=C1CC. The summed E-state index contributed by atoms with van der Waals surface area (Å²) in [5.41, 5.74) is 6.26. The Balaban J connectivity index is 1.99. The normalized spacial score (nSPS) is 21.0. The minimum absolute atomic E-state index is 0.0359. The van der Waals surface area contributed by atoms with Crippen molar-refractivity contribution in [2.24, 2.45) is 11.3 Å². The van der Waals surface area contributed by atoms with Gasteiger partial charge >= 0.3 is 0 Å². The Hall–Kier alpha value is -1.38. The van der Waals surface area contributed by atoms with Crippen LogP contribution in [-0.2, 0) is 0 Å². The molecule has 25 heavy (non-hydrogen) atoms. The third-order valence-electron chi connectivity index (χ3n) is 5.87. The van der Waals surface area contributed by atoms with Crippen LogP contribution in [0.5, 0.6) is 0 Å². The van der Waals surface area contributed by atoms with E-state index in [2.05, 4.69) is 52.0 Å². The van der Waals surface area contributed by atoms with Crippen molar-refractivity contribution in [3.63, 3.8) is 0 Å². The fourth-order valence-electron chi connectivity index (χ4n) is 4.82. The van der Waals surface area contributed by atoms with Crippen molar-refractivity contribution in [2.45, 2.75) is 59.5 Å². The fourth-order valence-corrected chi connectivity index (χ4v) is 5.59. The van der Waals surface area contributed by atoms with E-state index >= 15 is 0 Å². The first-order chi connectivity index (χ1) is 12.1. The molecule has 0 amide bonds. The van der Waals surface area contributed by atoms with E-state index in [-0.39, 0.29) is 11.3 Å². The molecule has 0 fully saturated rings. The van der Waals surface area contributed by atoms with Crippen molar-refractivity contribution in [1.82, 2.24) is 0 Å². The second-order valence-electron chi connectivity index (χ2n) is 6.95. The predicted octanol–water partition coefficient (Wildman–Crippen LogP) is 6.76. The van der Waals surface area contributed by atoms with Crippen LogP contribution in [0.1, 0.15) is 64.4 Å². The molecule has 1 N–H and O–H groups in total. The first kappa shape index (κ1) is 18.4. The van der Waals surface area contributed by atoms with Crippen LogP contribution in [0.15, 0.2) is 64.1 Å². The monoisotopic (exact) mass is 354 g/mol. The van der Waals surface area contributed by atoms with Crippen LogP contribution in [0, 0.1) is 11.3 Å². The second kappa shape index (κ2) is 7.47. The summed E-state index contributed by atoms with van der Waals surface area (Å²) in [6, 6.07) is 4.03. The average Bonchev–Trinajstić information content (AvgIpc) is 3.26. The molecule has 2 aliphatic rings. The Morgan fingerprint density at radius 3 is 1.92 bits per heavy atom. The minimum atomic E-state index is -0.439. The molecule has 1 atom stereocenters. The first-order valence-corrected chi connectivity index (χ1v) is 10.6. The van der Waals surface area contributed by atoms with Crippen molar-refractivity contribution in [3.8, 4) is 0 Å². The Kier molecular flexibility index (Phi) is 5.50. The maximum atomic E-state index is 10.7. The molecular weight excluding hydrogens is 324 g/mol. The number of aliphatic hydroxyl groups is 1. The molecule has 1 nitrogen and oxygen atoms in total. The van der Waals surface area contributed by atoms with Gasteiger partial charge in [-0.15, -0.1) is 11.3 Å². The molecule has 0 bridgehead atoms. The number of allylic oxidation sites excluding steroid dienone is 6. The molecule has 1 aromatic heterocycles. The van der Waals surface area contributed by atoms with Crippen molar-refractivity contribution < 1.29 is 5.11 Å². The van der Waals surface area contributed by atoms with E-state index < -0.39 is 6.10 Å². The van der Waals surface area contributed by atoms with Gasteiger partial charge in [-0.1, -0.05) is 58.1 Å². The summed E-state index contributed by atoms with van der Waals surface area (Å²) >= 11 is 1.63. The van der Waals surface area contributed by atoms with E-state index in [0.29, 0.717) is 0 Å². The van der Waals surface area contributed by atoms with Gasteiger partial charge in [-0.2, -0.15) is 0 Å². The van der Waals surface area contributed by atoms with Gasteiger partial charge < -0.3 is 5.11 Å². The topological polar surface area (TPSA) is 20.2 Å². The molecule has 2 aliphatic carbocycles. The van der Waals surface area contributed by atoms with Crippen molar-refractivity contribution in [2.75, 3.05) is 0 Å². The standard InChI is InChI=1S/C23H30OS/c1-5-17-18(6-2)20(8-4)23(19(17)7-3)13-11-16(12-14-23)22(24)21-10-9-15-25-21/h9-16,22,24H,5-8H2,1-4H3. The molecule has 0 saturated carbocycles. The molecule has 0 saturated heterocycles. The van der Waals surface area contributed by atoms with E-state index in [1.54, 1.807) is 33.6 Å². The van der Waals surface area contributed by atoms with Gasteiger partial charge in [0, 0.05) is 16.2 Å². The maximum absolute atomic E-state index is 10.7. The number of hydrogen-bond acceptors (Lipinski definition) is 2. The molecule has 0 aliphatic heterocycles. The van der Waals surface area contributed by atoms with E-state index in [1.807, 2.05) is 17.5 Å². The lowest BCUT2D eigenvalue weighted by Crippen LogP contribution is -2.23. The lowest BCUT2D eigenvalue weighted by atomic mass is 9.70. The Morgan fingerprint density at radius 2 is 1.52 bits per heavy atom. The quantitative estimate of drug-likeness (QED) is 0.560. The molecule has 1 heterocycles. The van der Waals surface area contributed by atoms with E-state index in [4.69, 9.17) is 0 Å². The van der Waals surface area contributed by atoms with Crippen LogP contribution in [0.3, 0.4) is 0 Å². The summed E-state index contributed by atoms with van der Waals surface area (Å²) in [7, 11) is 0. The van der Waals surface area contributed by atoms with E-state index in [9.17, 15) is 5.11 Å². The summed E-state index contributed by atoms with van der Waals surface area (Å²) in [5.74, 6) is 0.0660. The zero-order valence-electron chi connectivity index (χ0n) is 15.9. The summed E-state index contributed by atoms with van der Waals surface area (Å²) < 4.78 is 0. The third-order valence-corrected chi connectivity index (χ3v) is 6.81. The van der Waals surface area contributed by atoms with Gasteiger partial charge in [0.1, 0.15) is 0 Å². The largest absolute Gasteiger partial charge is 0.387 e. The Bertz CT molecular complexity index is 686. The number of hydrogen-bond donors (Lipinski definition) is 1. The zero-order valence-corrected chi connectivity index (χ0v) is 16.7. The third kappa shape index (κ3) is 2.90. The molecule has 1 aromatic rings. The number of thiophene rings is 1. The van der Waals surface area contributed by atoms with E-state index in [1.165, 1.54) is 0 Å². The highest BCUT2D eigenvalue weighted by Gasteiger charge is 2.42. The molecule has 1 unspecified atom stereocenters. The maximum Gasteiger partial charge on any atom is 0.0978 e. The summed E-state index contributed by atoms with van der Waals surface area (Å²) in [5, 5.41) is 12.7. The lowest BCUT2D eigenvalue weighted by molar-refractivity contribution is 0.153. The van der Waals surface area contributed by atoms with Crippen molar-refractivity contribution in [1.29, 1.82) is 0 Å². The average molecular weight is 355 g/mol. The van der Waals surface area contributed by atoms with Gasteiger partial charge in [0.15, 0.2) is 0 Å². The lowest BCUT2D eigenvalue weighted by Gasteiger charge is -2.34. The highest BCUT2D eigenvalue weighted by atomic mass is 32.1. The smallest absolute Gasteiger partial charge is 0.0978 e. The van der Waals surface area contributed by atoms with Gasteiger partial charge in [0.2, 0.25) is 0 Å². The van der Waals surface area contributed by atoms with Crippen LogP contribution in [0.4, 0.5) is 0 Å². The molecular formula is C23H30OS. The van der Waals surface area contributed by atoms with Crippen LogP contribution in [0.25, 0.3) is 0 Å². The van der Waals surface area contributed by atoms with E-state index in [0.717, 1.165) is 30.6 Å². The van der Waals surface area contributed by atoms with Crippen molar-refractivity contribution in [3.05, 3.63) is 69.0 Å². The zero-order chi connectivity index (χ0) is 18.0. The van der Waals surface area contributed by atoms with Crippen LogP contribution in [0.2, 0.25) is 0 Å². The summed E-state index contributed by atoms with van der Waals surface area (Å²) in [6.07, 6.45) is 13.2. The predicted molar refractivity (Wildman–Crippen MR) is 109 cm³/mol. The molecule has 0 aromatic carbocycles. The van der Waals surface area contributed by atoms with Crippen molar-refractivity contribution >= 4 is 11.3 Å². The van der Waals surface area contributed by atoms with Gasteiger partial charge in [-0.05, 0) is 59.4 Å². The molecule has 134 valence electrons. The number of aliphatic hydroxyl groups excluding tert-OH is 1. The highest BCUT2D eigenvalue weighted by molar-refractivity contribution is 7.10. The highest BCUT2D eigenvalue weighted by Crippen LogP contribution is 2.55. The molecule has 1 spiro atoms. The number of rotatable bonds is 6. The molecule has 3 rings (SSSR count). The second-order valence-corrected chi connectivity index (χ2v) is 7.93. The molecule has 0 radical (unpaired) electrons. The van der Waals surface area contributed by atoms with Gasteiger partial charge in [-0.3, -0.25) is 0 Å². The van der Waals surface area contributed by atoms with Gasteiger partial charge in [0.25, 0.3) is 0 Å². The Labute approximate surface area is 156 Å². The van der Waals surface area contributed by atoms with Crippen LogP contribution >= 0.6 is 11.3 Å². The minimum Gasteiger partial charge on any atom is -0.387 e. The molecule has 2 heteroatoms. The summed E-state index contributed by atoms with van der Waals surface area (Å²) in [4.78, 5) is 1.04. The van der Waals surface area contributed by atoms with Gasteiger partial charge in [0.05, 0.1) is 6.10 Å². The summed E-state index contributed by atoms with van der Waals surface area (Å²) in [6.45, 7) is 9.14. The Morgan fingerprint density at radius 1 is 0.960 bits per heavy atom. The van der Waals surface area contributed by atoms with Gasteiger partial charge in [-0.25, -0.2) is 0 Å². The fraction of sp³-hybridized carbons (Fsp3) is 0.478.